The summed E-state index contributed by atoms with van der Waals surface area (Å²) in [7, 11) is 7.71. The maximum Gasteiger partial charge on any atom is 0.216 e. The van der Waals surface area contributed by atoms with Crippen molar-refractivity contribution >= 4 is 111 Å². The van der Waals surface area contributed by atoms with E-state index in [4.69, 9.17) is 56.3 Å². The lowest BCUT2D eigenvalue weighted by Gasteiger charge is -2.15. The third-order valence-electron chi connectivity index (χ3n) is 28.4. The number of nitrogens with zero attached hydrogens (tertiary/aromatic N) is 8. The van der Waals surface area contributed by atoms with Gasteiger partial charge in [-0.1, -0.05) is 274 Å². The predicted octanol–water partition coefficient (Wildman–Crippen LogP) is 34.8. The normalized spacial score (nSPS) is 13.4. The van der Waals surface area contributed by atoms with Crippen molar-refractivity contribution in [1.82, 2.24) is 0 Å². The quantitative estimate of drug-likeness (QED) is 0.0850. The van der Waals surface area contributed by atoms with Crippen molar-refractivity contribution in [1.29, 1.82) is 0 Å². The van der Waals surface area contributed by atoms with Gasteiger partial charge in [-0.05, 0) is 171 Å². The molecular formula is C128H124N8O4+4. The topological polar surface area (TPSA) is 85.5 Å². The Labute approximate surface area is 839 Å². The van der Waals surface area contributed by atoms with Crippen molar-refractivity contribution < 1.29 is 51.0 Å². The Balaban J connectivity index is 0.000000137. The highest BCUT2D eigenvalue weighted by molar-refractivity contribution is 6.19. The molecule has 0 N–H and O–H groups in total. The molecule has 0 radical (unpaired) electrons. The van der Waals surface area contributed by atoms with Gasteiger partial charge < -0.3 is 17.7 Å². The molecule has 0 spiro atoms. The third kappa shape index (κ3) is 16.9. The molecule has 696 valence electrons. The van der Waals surface area contributed by atoms with Crippen LogP contribution in [0.15, 0.2) is 248 Å². The Morgan fingerprint density at radius 3 is 0.800 bits per heavy atom. The fourth-order valence-electron chi connectivity index (χ4n) is 20.3. The zero-order valence-corrected chi connectivity index (χ0v) is 84.7. The maximum atomic E-state index is 9.19. The molecule has 0 aliphatic heterocycles. The molecule has 0 bridgehead atoms. The number of hydrogen-bond acceptors (Lipinski definition) is 4. The number of rotatable bonds is 13. The van der Waals surface area contributed by atoms with Gasteiger partial charge >= 0.3 is 0 Å². The van der Waals surface area contributed by atoms with Crippen LogP contribution in [0.3, 0.4) is 0 Å². The van der Waals surface area contributed by atoms with Crippen molar-refractivity contribution in [2.45, 2.75) is 189 Å². The fourth-order valence-corrected chi connectivity index (χ4v) is 20.3. The first-order chi connectivity index (χ1) is 71.2. The standard InChI is InChI=1S/C33H33N2O.2C32H31N2O.C31H29N2O/c1-19(2)23-10-12-24(13-11-23)31-28(34-7)17-15-27-26-14-9-21(5)30(32(26)36-33(27)31)29-18-16-25(20(3)4)22(6)35(29)8;2*1-18(2)28-21(5)17-27(34(8)22(28)6)29-20(4)11-14-24-25-15-16-26(33-7)30(32(25)35-31(24)29)23-12-9-19(3)10-13-23;1-18(2)22-10-12-23(13-11-22)29-26(32-6)16-15-25-24-14-8-20(4)28(30(24)34-31(25)29)27-17-9-19(3)21(5)33(27)7/h9-20H,1-6,8H3;2*9-18H,1-6,8H3;8-18H,1-5,7H3/q4*+1/i20D;1D3,17D,18D;17D,18D;3D3. The largest absolute Gasteiger partial charge is 0.456 e. The average molecular weight is 1850 g/mol. The Bertz CT molecular complexity index is 8870. The highest BCUT2D eigenvalue weighted by Gasteiger charge is 2.33. The van der Waals surface area contributed by atoms with Crippen LogP contribution in [0.2, 0.25) is 0 Å². The second kappa shape index (κ2) is 38.4. The van der Waals surface area contributed by atoms with Crippen LogP contribution in [0.4, 0.5) is 22.7 Å². The zero-order valence-electron chi connectivity index (χ0n) is 95.7. The molecule has 8 aromatic heterocycles. The minimum atomic E-state index is -2.56. The van der Waals surface area contributed by atoms with Gasteiger partial charge in [-0.2, -0.15) is 18.3 Å². The fraction of sp³-hybridized carbons (Fsp3) is 0.250. The Kier molecular flexibility index (Phi) is 22.7. The van der Waals surface area contributed by atoms with E-state index in [1.165, 1.54) is 18.1 Å². The second-order valence-electron chi connectivity index (χ2n) is 38.4. The molecule has 20 rings (SSSR count). The van der Waals surface area contributed by atoms with E-state index >= 15 is 0 Å². The van der Waals surface area contributed by atoms with Crippen LogP contribution >= 0.6 is 0 Å². The first-order valence-corrected chi connectivity index (χ1v) is 47.5. The van der Waals surface area contributed by atoms with Gasteiger partial charge in [0, 0.05) is 152 Å². The van der Waals surface area contributed by atoms with Crippen LogP contribution in [-0.4, -0.2) is 0 Å². The van der Waals surface area contributed by atoms with Crippen molar-refractivity contribution in [2.75, 3.05) is 0 Å². The third-order valence-corrected chi connectivity index (χ3v) is 28.4. The predicted molar refractivity (Wildman–Crippen MR) is 580 cm³/mol. The summed E-state index contributed by atoms with van der Waals surface area (Å²) in [6.07, 6.45) is 0. The highest BCUT2D eigenvalue weighted by atomic mass is 16.3. The Morgan fingerprint density at radius 1 is 0.264 bits per heavy atom. The molecule has 12 nitrogen and oxygen atoms in total. The summed E-state index contributed by atoms with van der Waals surface area (Å²) < 4.78 is 127. The van der Waals surface area contributed by atoms with E-state index in [1.54, 1.807) is 27.0 Å². The summed E-state index contributed by atoms with van der Waals surface area (Å²) in [4.78, 5) is 15.3. The summed E-state index contributed by atoms with van der Waals surface area (Å²) in [5.74, 6) is -2.52. The first kappa shape index (κ1) is 82.6. The number of hydrogen-bond donors (Lipinski definition) is 0. The van der Waals surface area contributed by atoms with Crippen molar-refractivity contribution in [3.8, 4) is 89.5 Å². The molecule has 1 unspecified atom stereocenters. The number of aryl methyl sites for hydroxylation is 7. The number of fused-ring (bicyclic) bond motifs is 12. The van der Waals surface area contributed by atoms with Gasteiger partial charge in [-0.3, -0.25) is 0 Å². The second-order valence-corrected chi connectivity index (χ2v) is 38.4. The lowest BCUT2D eigenvalue weighted by Crippen LogP contribution is -2.37. The molecule has 12 aromatic carbocycles. The summed E-state index contributed by atoms with van der Waals surface area (Å²) in [5.41, 5.74) is 37.5. The minimum absolute atomic E-state index is 0.155. The van der Waals surface area contributed by atoms with Gasteiger partial charge in [0.1, 0.15) is 72.9 Å². The van der Waals surface area contributed by atoms with Crippen LogP contribution in [0.25, 0.3) is 197 Å². The van der Waals surface area contributed by atoms with E-state index in [9.17, 15) is 2.74 Å². The first-order valence-electron chi connectivity index (χ1n) is 53.0. The Morgan fingerprint density at radius 2 is 0.521 bits per heavy atom. The molecule has 12 heteroatoms. The molecule has 0 aliphatic rings. The lowest BCUT2D eigenvalue weighted by molar-refractivity contribution is -0.667. The van der Waals surface area contributed by atoms with Gasteiger partial charge in [0.15, 0.2) is 45.5 Å². The van der Waals surface area contributed by atoms with Gasteiger partial charge in [-0.15, -0.1) is 0 Å². The van der Waals surface area contributed by atoms with E-state index < -0.39 is 31.4 Å². The molecule has 0 fully saturated rings. The van der Waals surface area contributed by atoms with Gasteiger partial charge in [0.2, 0.25) is 22.8 Å². The smallest absolute Gasteiger partial charge is 0.216 e. The molecule has 0 saturated heterocycles. The van der Waals surface area contributed by atoms with Crippen LogP contribution in [-0.2, 0) is 28.2 Å². The average Bonchev–Trinajstić information content (AvgIpc) is 1.60. The molecule has 1 atom stereocenters. The molecule has 20 aromatic rings. The molecule has 0 saturated carbocycles. The molecule has 0 aliphatic carbocycles. The van der Waals surface area contributed by atoms with E-state index in [-0.39, 0.29) is 6.04 Å². The molecule has 140 heavy (non-hydrogen) atoms. The summed E-state index contributed by atoms with van der Waals surface area (Å²) in [6.45, 7) is 67.8. The number of aromatic nitrogens is 4. The number of benzene rings is 12. The van der Waals surface area contributed by atoms with E-state index in [0.29, 0.717) is 102 Å². The van der Waals surface area contributed by atoms with Crippen LogP contribution in [0, 0.1) is 116 Å². The van der Waals surface area contributed by atoms with E-state index in [0.717, 1.165) is 205 Å². The van der Waals surface area contributed by atoms with Crippen molar-refractivity contribution in [3.63, 3.8) is 0 Å². The highest BCUT2D eigenvalue weighted by Crippen LogP contribution is 2.51. The van der Waals surface area contributed by atoms with Crippen LogP contribution in [0.1, 0.15) is 214 Å². The summed E-state index contributed by atoms with van der Waals surface area (Å²) in [6, 6.07) is 73.2. The maximum absolute atomic E-state index is 9.19. The van der Waals surface area contributed by atoms with Crippen LogP contribution < -0.4 is 18.3 Å². The minimum Gasteiger partial charge on any atom is -0.456 e. The molecule has 0 amide bonds. The summed E-state index contributed by atoms with van der Waals surface area (Å²) in [5, 5.41) is 7.61. The van der Waals surface area contributed by atoms with Gasteiger partial charge in [0.25, 0.3) is 0 Å². The zero-order chi connectivity index (χ0) is 109. The van der Waals surface area contributed by atoms with Crippen molar-refractivity contribution in [3.05, 3.63) is 377 Å². The lowest BCUT2D eigenvalue weighted by atomic mass is 9.93. The van der Waals surface area contributed by atoms with Crippen LogP contribution in [0.5, 0.6) is 0 Å². The summed E-state index contributed by atoms with van der Waals surface area (Å²) >= 11 is 0. The van der Waals surface area contributed by atoms with E-state index in [1.807, 2.05) is 226 Å². The van der Waals surface area contributed by atoms with Gasteiger partial charge in [-0.25, -0.2) is 19.4 Å². The van der Waals surface area contributed by atoms with E-state index in [2.05, 4.69) is 170 Å². The molecule has 8 heterocycles. The SMILES string of the molecule is [2H]C(C)(C)c1ccc(-c2c(C)ccc3c2oc2c(-c4ccc(C(C)C)cc4)c([N+]#[C-])ccc23)[n+](C)c1C.[2H]C([2H])([2H])c1ccc(-c2c(C)ccc3c2oc2c(-c4ccc(C(C)C)cc4)c([N+]#[C-])ccc23)[n+](C)c1C.[2H]c1c(C)c(C([2H])(C)C([2H])([2H])[2H])c(C)[n+](C)c1-c1c(C)ccc2c1oc1c(-c3ccc(C)cc3)c([N+]#[C-])ccc12.[2H]c1c(C)c(C([2H])(C)C)c(C)[n+](C)c1-c1c(C)ccc2c1oc1c(-c3ccc(C)cc3)c([N+]#[C-])ccc12. The van der Waals surface area contributed by atoms with Gasteiger partial charge in [0.05, 0.1) is 51.3 Å². The monoisotopic (exact) mass is 1850 g/mol. The number of pyridine rings is 4. The van der Waals surface area contributed by atoms with Crippen molar-refractivity contribution in [2.24, 2.45) is 28.2 Å². The number of furan rings is 4. The molecular weight excluding hydrogens is 1710 g/mol. The Hall–Kier alpha value is -15.6.